The molecule has 3 N–H and O–H groups in total. The van der Waals surface area contributed by atoms with Gasteiger partial charge in [0.15, 0.2) is 5.96 Å². The van der Waals surface area contributed by atoms with Gasteiger partial charge in [0, 0.05) is 24.7 Å². The van der Waals surface area contributed by atoms with Gasteiger partial charge in [-0.05, 0) is 32.9 Å². The molecule has 0 aliphatic carbocycles. The van der Waals surface area contributed by atoms with Crippen LogP contribution in [0.25, 0.3) is 0 Å². The molecule has 1 atom stereocenters. The predicted molar refractivity (Wildman–Crippen MR) is 84.7 cm³/mol. The first-order valence-electron chi connectivity index (χ1n) is 7.18. The maximum Gasteiger partial charge on any atom is 0.191 e. The van der Waals surface area contributed by atoms with E-state index in [0.717, 1.165) is 22.6 Å². The van der Waals surface area contributed by atoms with Crippen molar-refractivity contribution in [3.8, 4) is 0 Å². The molecule has 1 unspecified atom stereocenters. The molecule has 0 spiro atoms. The minimum Gasteiger partial charge on any atom is -0.472 e. The van der Waals surface area contributed by atoms with Crippen molar-refractivity contribution in [2.75, 3.05) is 13.6 Å². The average Bonchev–Trinajstić information content (AvgIpc) is 3.08. The van der Waals surface area contributed by atoms with Gasteiger partial charge in [-0.15, -0.1) is 0 Å². The summed E-state index contributed by atoms with van der Waals surface area (Å²) in [6.07, 6.45) is 3.30. The predicted octanol–water partition coefficient (Wildman–Crippen LogP) is 2.06. The van der Waals surface area contributed by atoms with E-state index in [2.05, 4.69) is 15.6 Å². The van der Waals surface area contributed by atoms with Gasteiger partial charge < -0.3 is 24.6 Å². The molecule has 0 saturated heterocycles. The molecule has 0 aromatic carbocycles. The van der Waals surface area contributed by atoms with E-state index in [-0.39, 0.29) is 0 Å². The SMILES string of the molecule is CN=C(NCc1ccoc1)NCC(C)(O)c1cc(C)oc1C. The summed E-state index contributed by atoms with van der Waals surface area (Å²) in [7, 11) is 1.69. The van der Waals surface area contributed by atoms with Gasteiger partial charge in [-0.3, -0.25) is 4.99 Å². The molecular weight excluding hydrogens is 282 g/mol. The molecule has 2 aromatic rings. The van der Waals surface area contributed by atoms with Crippen LogP contribution in [-0.4, -0.2) is 24.7 Å². The third-order valence-corrected chi connectivity index (χ3v) is 3.48. The Morgan fingerprint density at radius 1 is 1.36 bits per heavy atom. The second-order valence-corrected chi connectivity index (χ2v) is 5.51. The highest BCUT2D eigenvalue weighted by Crippen LogP contribution is 2.26. The molecule has 6 heteroatoms. The molecule has 0 aliphatic heterocycles. The third kappa shape index (κ3) is 3.92. The normalized spacial score (nSPS) is 14.7. The lowest BCUT2D eigenvalue weighted by atomic mass is 9.96. The van der Waals surface area contributed by atoms with Crippen LogP contribution in [-0.2, 0) is 12.1 Å². The Balaban J connectivity index is 1.93. The van der Waals surface area contributed by atoms with Crippen molar-refractivity contribution in [3.05, 3.63) is 47.3 Å². The average molecular weight is 305 g/mol. The number of guanidine groups is 1. The van der Waals surface area contributed by atoms with Crippen molar-refractivity contribution in [3.63, 3.8) is 0 Å². The zero-order valence-electron chi connectivity index (χ0n) is 13.4. The first-order chi connectivity index (χ1) is 10.4. The van der Waals surface area contributed by atoms with Crippen LogP contribution in [0.2, 0.25) is 0 Å². The minimum absolute atomic E-state index is 0.317. The van der Waals surface area contributed by atoms with Gasteiger partial charge in [-0.2, -0.15) is 0 Å². The Labute approximate surface area is 130 Å². The maximum absolute atomic E-state index is 10.7. The summed E-state index contributed by atoms with van der Waals surface area (Å²) in [6.45, 7) is 6.38. The topological polar surface area (TPSA) is 82.9 Å². The van der Waals surface area contributed by atoms with E-state index < -0.39 is 5.60 Å². The fourth-order valence-corrected chi connectivity index (χ4v) is 2.32. The first kappa shape index (κ1) is 16.2. The summed E-state index contributed by atoms with van der Waals surface area (Å²) in [5.74, 6) is 2.13. The molecule has 0 saturated carbocycles. The summed E-state index contributed by atoms with van der Waals surface area (Å²) in [4.78, 5) is 4.14. The largest absolute Gasteiger partial charge is 0.472 e. The highest BCUT2D eigenvalue weighted by Gasteiger charge is 2.27. The van der Waals surface area contributed by atoms with Gasteiger partial charge in [-0.25, -0.2) is 0 Å². The number of furan rings is 2. The van der Waals surface area contributed by atoms with Gasteiger partial charge in [0.05, 0.1) is 19.1 Å². The van der Waals surface area contributed by atoms with Crippen molar-refractivity contribution in [2.45, 2.75) is 32.9 Å². The quantitative estimate of drug-likeness (QED) is 0.582. The molecule has 0 radical (unpaired) electrons. The fraction of sp³-hybridized carbons (Fsp3) is 0.438. The number of hydrogen-bond acceptors (Lipinski definition) is 4. The number of nitrogens with zero attached hydrogens (tertiary/aromatic N) is 1. The van der Waals surface area contributed by atoms with E-state index in [9.17, 15) is 5.11 Å². The summed E-state index contributed by atoms with van der Waals surface area (Å²) in [5, 5.41) is 16.9. The van der Waals surface area contributed by atoms with E-state index in [1.54, 1.807) is 26.5 Å². The smallest absolute Gasteiger partial charge is 0.191 e. The lowest BCUT2D eigenvalue weighted by Gasteiger charge is -2.24. The van der Waals surface area contributed by atoms with Crippen molar-refractivity contribution >= 4 is 5.96 Å². The molecular formula is C16H23N3O3. The van der Waals surface area contributed by atoms with Crippen LogP contribution in [0, 0.1) is 13.8 Å². The van der Waals surface area contributed by atoms with E-state index in [0.29, 0.717) is 19.0 Å². The van der Waals surface area contributed by atoms with Crippen LogP contribution in [0.1, 0.15) is 29.6 Å². The van der Waals surface area contributed by atoms with Gasteiger partial charge in [0.1, 0.15) is 17.1 Å². The fourth-order valence-electron chi connectivity index (χ4n) is 2.32. The van der Waals surface area contributed by atoms with Gasteiger partial charge in [0.2, 0.25) is 0 Å². The molecule has 120 valence electrons. The Bertz CT molecular complexity index is 627. The summed E-state index contributed by atoms with van der Waals surface area (Å²) < 4.78 is 10.5. The van der Waals surface area contributed by atoms with Crippen LogP contribution in [0.3, 0.4) is 0 Å². The number of aryl methyl sites for hydroxylation is 2. The van der Waals surface area contributed by atoms with Crippen LogP contribution in [0.5, 0.6) is 0 Å². The van der Waals surface area contributed by atoms with E-state index >= 15 is 0 Å². The zero-order chi connectivity index (χ0) is 16.2. The van der Waals surface area contributed by atoms with Crippen LogP contribution in [0.15, 0.2) is 38.5 Å². The Morgan fingerprint density at radius 2 is 2.14 bits per heavy atom. The van der Waals surface area contributed by atoms with Crippen molar-refractivity contribution in [1.29, 1.82) is 0 Å². The molecule has 0 aliphatic rings. The standard InChI is InChI=1S/C16H23N3O3/c1-11-7-14(12(2)22-11)16(3,20)10-19-15(17-4)18-8-13-5-6-21-9-13/h5-7,9,20H,8,10H2,1-4H3,(H2,17,18,19). The lowest BCUT2D eigenvalue weighted by Crippen LogP contribution is -2.44. The summed E-state index contributed by atoms with van der Waals surface area (Å²) >= 11 is 0. The van der Waals surface area contributed by atoms with Crippen LogP contribution >= 0.6 is 0 Å². The number of hydrogen-bond donors (Lipinski definition) is 3. The van der Waals surface area contributed by atoms with E-state index in [1.165, 1.54) is 0 Å². The second kappa shape index (κ2) is 6.70. The number of aliphatic imine (C=N–C) groups is 1. The highest BCUT2D eigenvalue weighted by atomic mass is 16.3. The minimum atomic E-state index is -1.05. The number of rotatable bonds is 5. The van der Waals surface area contributed by atoms with Crippen LogP contribution in [0.4, 0.5) is 0 Å². The molecule has 2 heterocycles. The highest BCUT2D eigenvalue weighted by molar-refractivity contribution is 5.79. The lowest BCUT2D eigenvalue weighted by molar-refractivity contribution is 0.0602. The summed E-state index contributed by atoms with van der Waals surface area (Å²) in [5.41, 5.74) is 0.758. The van der Waals surface area contributed by atoms with Crippen molar-refractivity contribution < 1.29 is 13.9 Å². The monoisotopic (exact) mass is 305 g/mol. The van der Waals surface area contributed by atoms with E-state index in [1.807, 2.05) is 26.0 Å². The molecule has 0 amide bonds. The molecule has 2 aromatic heterocycles. The Morgan fingerprint density at radius 3 is 2.68 bits per heavy atom. The molecule has 0 fully saturated rings. The zero-order valence-corrected chi connectivity index (χ0v) is 13.4. The van der Waals surface area contributed by atoms with Gasteiger partial charge >= 0.3 is 0 Å². The molecule has 0 bridgehead atoms. The number of aliphatic hydroxyl groups is 1. The van der Waals surface area contributed by atoms with Crippen molar-refractivity contribution in [1.82, 2.24) is 10.6 Å². The van der Waals surface area contributed by atoms with E-state index in [4.69, 9.17) is 8.83 Å². The first-order valence-corrected chi connectivity index (χ1v) is 7.18. The second-order valence-electron chi connectivity index (χ2n) is 5.51. The molecule has 22 heavy (non-hydrogen) atoms. The van der Waals surface area contributed by atoms with Gasteiger partial charge in [0.25, 0.3) is 0 Å². The van der Waals surface area contributed by atoms with Gasteiger partial charge in [-0.1, -0.05) is 0 Å². The molecule has 6 nitrogen and oxygen atoms in total. The Hall–Kier alpha value is -2.21. The molecule has 2 rings (SSSR count). The van der Waals surface area contributed by atoms with Crippen molar-refractivity contribution in [2.24, 2.45) is 4.99 Å². The number of nitrogens with one attached hydrogen (secondary N) is 2. The summed E-state index contributed by atoms with van der Waals surface area (Å²) in [6, 6.07) is 3.74. The maximum atomic E-state index is 10.7. The Kier molecular flexibility index (Phi) is 4.92. The third-order valence-electron chi connectivity index (χ3n) is 3.48. The van der Waals surface area contributed by atoms with Crippen LogP contribution < -0.4 is 10.6 Å².